The second kappa shape index (κ2) is 4.51. The summed E-state index contributed by atoms with van der Waals surface area (Å²) in [6.07, 6.45) is 0. The van der Waals surface area contributed by atoms with Crippen molar-refractivity contribution in [2.45, 2.75) is 6.54 Å². The molecule has 4 heteroatoms. The van der Waals surface area contributed by atoms with Crippen molar-refractivity contribution in [3.63, 3.8) is 0 Å². The van der Waals surface area contributed by atoms with E-state index in [0.717, 1.165) is 10.0 Å². The van der Waals surface area contributed by atoms with Gasteiger partial charge in [-0.3, -0.25) is 0 Å². The summed E-state index contributed by atoms with van der Waals surface area (Å²) in [6, 6.07) is 3.76. The average molecular weight is 245 g/mol. The van der Waals surface area contributed by atoms with Crippen molar-refractivity contribution in [2.75, 3.05) is 14.2 Å². The molecular weight excluding hydrogens is 233 g/mol. The zero-order chi connectivity index (χ0) is 9.84. The third kappa shape index (κ3) is 2.15. The molecule has 0 spiro atoms. The second-order valence-electron chi connectivity index (χ2n) is 2.52. The summed E-state index contributed by atoms with van der Waals surface area (Å²) in [5.41, 5.74) is 6.58. The van der Waals surface area contributed by atoms with Crippen molar-refractivity contribution >= 4 is 20.5 Å². The maximum absolute atomic E-state index is 5.55. The molecule has 3 nitrogen and oxygen atoms in total. The molecule has 0 heterocycles. The first-order valence-corrected chi connectivity index (χ1v) is 4.70. The fraction of sp³-hybridized carbons (Fsp3) is 0.333. The fourth-order valence-electron chi connectivity index (χ4n) is 1.06. The first kappa shape index (κ1) is 10.4. The topological polar surface area (TPSA) is 44.5 Å². The molecule has 1 aromatic carbocycles. The molecule has 13 heavy (non-hydrogen) atoms. The molecule has 0 aliphatic heterocycles. The van der Waals surface area contributed by atoms with Crippen molar-refractivity contribution in [3.05, 3.63) is 17.7 Å². The van der Waals surface area contributed by atoms with Crippen molar-refractivity contribution in [2.24, 2.45) is 5.73 Å². The van der Waals surface area contributed by atoms with E-state index in [9.17, 15) is 0 Å². The number of hydrogen-bond acceptors (Lipinski definition) is 3. The fourth-order valence-corrected chi connectivity index (χ4v) is 1.58. The molecular formula is C9H12NO2Se. The number of rotatable bonds is 3. The number of methoxy groups -OCH3 is 2. The van der Waals surface area contributed by atoms with Crippen LogP contribution in [0.2, 0.25) is 0 Å². The van der Waals surface area contributed by atoms with Gasteiger partial charge in [-0.25, -0.2) is 0 Å². The van der Waals surface area contributed by atoms with Gasteiger partial charge in [-0.1, -0.05) is 0 Å². The van der Waals surface area contributed by atoms with E-state index in [2.05, 4.69) is 16.0 Å². The molecule has 0 atom stereocenters. The molecule has 0 aliphatic carbocycles. The van der Waals surface area contributed by atoms with Gasteiger partial charge in [0.15, 0.2) is 0 Å². The summed E-state index contributed by atoms with van der Waals surface area (Å²) < 4.78 is 11.3. The molecule has 0 amide bonds. The van der Waals surface area contributed by atoms with E-state index in [4.69, 9.17) is 15.2 Å². The van der Waals surface area contributed by atoms with E-state index in [1.165, 1.54) is 0 Å². The van der Waals surface area contributed by atoms with E-state index < -0.39 is 0 Å². The van der Waals surface area contributed by atoms with Crippen LogP contribution in [-0.2, 0) is 6.54 Å². The summed E-state index contributed by atoms with van der Waals surface area (Å²) >= 11 is 2.93. The third-order valence-corrected chi connectivity index (χ3v) is 2.58. The molecule has 2 N–H and O–H groups in total. The SMILES string of the molecule is COc1cc([Se])c(CN)cc1OC. The van der Waals surface area contributed by atoms with Crippen molar-refractivity contribution < 1.29 is 9.47 Å². The van der Waals surface area contributed by atoms with Gasteiger partial charge in [0, 0.05) is 0 Å². The minimum atomic E-state index is 0.489. The molecule has 0 fully saturated rings. The van der Waals surface area contributed by atoms with Gasteiger partial charge in [-0.05, 0) is 0 Å². The Bertz CT molecular complexity index is 302. The predicted molar refractivity (Wildman–Crippen MR) is 52.8 cm³/mol. The number of nitrogens with two attached hydrogens (primary N) is 1. The molecule has 0 unspecified atom stereocenters. The monoisotopic (exact) mass is 246 g/mol. The van der Waals surface area contributed by atoms with Crippen LogP contribution >= 0.6 is 0 Å². The van der Waals surface area contributed by atoms with Gasteiger partial charge < -0.3 is 0 Å². The third-order valence-electron chi connectivity index (χ3n) is 1.79. The summed E-state index contributed by atoms with van der Waals surface area (Å²) in [5.74, 6) is 1.43. The molecule has 0 saturated carbocycles. The Hall–Kier alpha value is -0.701. The van der Waals surface area contributed by atoms with Crippen LogP contribution in [0.1, 0.15) is 5.56 Å². The van der Waals surface area contributed by atoms with Crippen LogP contribution in [-0.4, -0.2) is 30.2 Å². The molecule has 1 radical (unpaired) electrons. The van der Waals surface area contributed by atoms with E-state index >= 15 is 0 Å². The molecule has 0 bridgehead atoms. The molecule has 0 aliphatic rings. The van der Waals surface area contributed by atoms with Crippen molar-refractivity contribution in [1.29, 1.82) is 0 Å². The molecule has 1 rings (SSSR count). The number of ether oxygens (including phenoxy) is 2. The second-order valence-corrected chi connectivity index (χ2v) is 3.44. The van der Waals surface area contributed by atoms with E-state index in [0.29, 0.717) is 18.0 Å². The zero-order valence-electron chi connectivity index (χ0n) is 7.66. The molecule has 0 aromatic heterocycles. The minimum absolute atomic E-state index is 0.489. The van der Waals surface area contributed by atoms with Gasteiger partial charge in [-0.2, -0.15) is 0 Å². The van der Waals surface area contributed by atoms with E-state index in [-0.39, 0.29) is 0 Å². The van der Waals surface area contributed by atoms with Crippen LogP contribution < -0.4 is 19.7 Å². The number of hydrogen-bond donors (Lipinski definition) is 1. The zero-order valence-corrected chi connectivity index (χ0v) is 9.38. The van der Waals surface area contributed by atoms with Crippen LogP contribution in [0, 0.1) is 0 Å². The summed E-state index contributed by atoms with van der Waals surface area (Å²) in [7, 11) is 3.22. The predicted octanol–water partition coefficient (Wildman–Crippen LogP) is -0.0437. The van der Waals surface area contributed by atoms with Crippen LogP contribution in [0.3, 0.4) is 0 Å². The maximum atomic E-state index is 5.55. The van der Waals surface area contributed by atoms with Gasteiger partial charge in [-0.15, -0.1) is 0 Å². The number of benzene rings is 1. The molecule has 71 valence electrons. The van der Waals surface area contributed by atoms with Crippen molar-refractivity contribution in [1.82, 2.24) is 0 Å². The molecule has 1 aromatic rings. The van der Waals surface area contributed by atoms with E-state index in [1.807, 2.05) is 12.1 Å². The normalized spacial score (nSPS) is 9.77. The van der Waals surface area contributed by atoms with E-state index in [1.54, 1.807) is 14.2 Å². The van der Waals surface area contributed by atoms with Crippen LogP contribution in [0.25, 0.3) is 0 Å². The first-order valence-electron chi connectivity index (χ1n) is 3.85. The Labute approximate surface area is 86.0 Å². The first-order chi connectivity index (χ1) is 6.22. The van der Waals surface area contributed by atoms with Crippen LogP contribution in [0.4, 0.5) is 0 Å². The summed E-state index contributed by atoms with van der Waals surface area (Å²) in [4.78, 5) is 0. The summed E-state index contributed by atoms with van der Waals surface area (Å²) in [6.45, 7) is 0.489. The Morgan fingerprint density at radius 1 is 1.23 bits per heavy atom. The Kier molecular flexibility index (Phi) is 3.60. The summed E-state index contributed by atoms with van der Waals surface area (Å²) in [5, 5.41) is 0. The molecule has 0 saturated heterocycles. The van der Waals surface area contributed by atoms with Gasteiger partial charge in [0.25, 0.3) is 0 Å². The Morgan fingerprint density at radius 2 is 1.77 bits per heavy atom. The van der Waals surface area contributed by atoms with Crippen LogP contribution in [0.15, 0.2) is 12.1 Å². The van der Waals surface area contributed by atoms with Gasteiger partial charge in [0.1, 0.15) is 0 Å². The van der Waals surface area contributed by atoms with Crippen LogP contribution in [0.5, 0.6) is 11.5 Å². The standard InChI is InChI=1S/C9H12NO2Se/c1-11-7-3-6(5-10)9(13)4-8(7)12-2/h3-4H,5,10H2,1-2H3. The Balaban J connectivity index is 3.18. The van der Waals surface area contributed by atoms with Gasteiger partial charge in [0.05, 0.1) is 0 Å². The van der Waals surface area contributed by atoms with Crippen molar-refractivity contribution in [3.8, 4) is 11.5 Å². The van der Waals surface area contributed by atoms with Gasteiger partial charge in [0.2, 0.25) is 0 Å². The Morgan fingerprint density at radius 3 is 2.23 bits per heavy atom. The quantitative estimate of drug-likeness (QED) is 0.760. The van der Waals surface area contributed by atoms with Gasteiger partial charge >= 0.3 is 85.6 Å². The average Bonchev–Trinajstić information content (AvgIpc) is 2.17.